The number of hydrogen-bond donors (Lipinski definition) is 0. The topological polar surface area (TPSA) is 37.4 Å². The summed E-state index contributed by atoms with van der Waals surface area (Å²) in [5, 5.41) is 0. The lowest BCUT2D eigenvalue weighted by Gasteiger charge is -2.24. The van der Waals surface area contributed by atoms with Gasteiger partial charge in [-0.1, -0.05) is 61.9 Å². The molecule has 128 valence electrons. The summed E-state index contributed by atoms with van der Waals surface area (Å²) in [6.07, 6.45) is 1.64. The molecule has 24 heavy (non-hydrogen) atoms. The van der Waals surface area contributed by atoms with Gasteiger partial charge in [-0.2, -0.15) is 4.31 Å². The molecule has 2 aromatic rings. The summed E-state index contributed by atoms with van der Waals surface area (Å²) in [6, 6.07) is 17.3. The van der Waals surface area contributed by atoms with Crippen molar-refractivity contribution in [3.63, 3.8) is 0 Å². The molecule has 0 amide bonds. The van der Waals surface area contributed by atoms with Crippen LogP contribution >= 0.6 is 0 Å². The normalized spacial score (nSPS) is 21.0. The molecular formula is C20H25NO2S. The molecule has 0 spiro atoms. The third-order valence-electron chi connectivity index (χ3n) is 4.72. The van der Waals surface area contributed by atoms with Crippen LogP contribution < -0.4 is 0 Å². The maximum absolute atomic E-state index is 13.2. The van der Waals surface area contributed by atoms with Crippen molar-refractivity contribution < 1.29 is 8.42 Å². The lowest BCUT2D eigenvalue weighted by Crippen LogP contribution is -2.37. The number of sulfonamides is 1. The van der Waals surface area contributed by atoms with Crippen LogP contribution in [0.15, 0.2) is 59.5 Å². The molecular weight excluding hydrogens is 318 g/mol. The summed E-state index contributed by atoms with van der Waals surface area (Å²) in [7, 11) is -3.46. The molecule has 1 unspecified atom stereocenters. The van der Waals surface area contributed by atoms with E-state index in [9.17, 15) is 8.42 Å². The molecule has 1 fully saturated rings. The van der Waals surface area contributed by atoms with Crippen LogP contribution in [0.1, 0.15) is 31.4 Å². The molecule has 1 aliphatic rings. The van der Waals surface area contributed by atoms with Gasteiger partial charge in [0.15, 0.2) is 0 Å². The molecule has 1 heterocycles. The highest BCUT2D eigenvalue weighted by Gasteiger charge is 2.43. The monoisotopic (exact) mass is 343 g/mol. The molecule has 0 N–H and O–H groups in total. The van der Waals surface area contributed by atoms with Gasteiger partial charge in [0.2, 0.25) is 10.0 Å². The lowest BCUT2D eigenvalue weighted by atomic mass is 9.89. The standard InChI is InChI=1S/C20H25NO2S/c1-16-9-11-19(12-10-16)24(22,23)21-15-20(2,3)14-18(21)13-17-7-5-4-6-8-17/h4-12,18H,13-15H2,1-3H3. The minimum atomic E-state index is -3.46. The van der Waals surface area contributed by atoms with E-state index in [1.807, 2.05) is 37.3 Å². The van der Waals surface area contributed by atoms with Crippen LogP contribution in [0.2, 0.25) is 0 Å². The Hall–Kier alpha value is -1.65. The molecule has 0 radical (unpaired) electrons. The molecule has 3 nitrogen and oxygen atoms in total. The largest absolute Gasteiger partial charge is 0.243 e. The summed E-state index contributed by atoms with van der Waals surface area (Å²) in [6.45, 7) is 6.83. The van der Waals surface area contributed by atoms with Crippen LogP contribution in [-0.2, 0) is 16.4 Å². The smallest absolute Gasteiger partial charge is 0.207 e. The van der Waals surface area contributed by atoms with Crippen molar-refractivity contribution >= 4 is 10.0 Å². The number of hydrogen-bond acceptors (Lipinski definition) is 2. The third kappa shape index (κ3) is 3.55. The maximum atomic E-state index is 13.2. The second-order valence-electron chi connectivity index (χ2n) is 7.58. The Labute approximate surface area is 145 Å². The molecule has 4 heteroatoms. The zero-order valence-electron chi connectivity index (χ0n) is 14.6. The molecule has 3 rings (SSSR count). The second kappa shape index (κ2) is 6.34. The lowest BCUT2D eigenvalue weighted by molar-refractivity contribution is 0.366. The Kier molecular flexibility index (Phi) is 4.54. The van der Waals surface area contributed by atoms with E-state index in [1.165, 1.54) is 5.56 Å². The van der Waals surface area contributed by atoms with Gasteiger partial charge in [-0.15, -0.1) is 0 Å². The van der Waals surface area contributed by atoms with Crippen LogP contribution in [0.25, 0.3) is 0 Å². The van der Waals surface area contributed by atoms with Gasteiger partial charge in [-0.25, -0.2) is 8.42 Å². The Balaban J connectivity index is 1.92. The van der Waals surface area contributed by atoms with Crippen LogP contribution in [0, 0.1) is 12.3 Å². The van der Waals surface area contributed by atoms with Crippen molar-refractivity contribution in [2.24, 2.45) is 5.41 Å². The third-order valence-corrected chi connectivity index (χ3v) is 6.63. The summed E-state index contributed by atoms with van der Waals surface area (Å²) < 4.78 is 28.0. The second-order valence-corrected chi connectivity index (χ2v) is 9.47. The zero-order chi connectivity index (χ0) is 17.4. The summed E-state index contributed by atoms with van der Waals surface area (Å²) in [5.74, 6) is 0. The van der Waals surface area contributed by atoms with Gasteiger partial charge in [-0.05, 0) is 42.9 Å². The van der Waals surface area contributed by atoms with Crippen molar-refractivity contribution in [2.45, 2.75) is 44.6 Å². The zero-order valence-corrected chi connectivity index (χ0v) is 15.4. The van der Waals surface area contributed by atoms with Crippen molar-refractivity contribution in [1.82, 2.24) is 4.31 Å². The van der Waals surface area contributed by atoms with Crippen LogP contribution in [0.3, 0.4) is 0 Å². The van der Waals surface area contributed by atoms with E-state index in [2.05, 4.69) is 26.0 Å². The molecule has 1 saturated heterocycles. The molecule has 2 aromatic carbocycles. The van der Waals surface area contributed by atoms with E-state index >= 15 is 0 Å². The number of benzene rings is 2. The van der Waals surface area contributed by atoms with E-state index in [4.69, 9.17) is 0 Å². The molecule has 0 saturated carbocycles. The van der Waals surface area contributed by atoms with Crippen LogP contribution in [0.5, 0.6) is 0 Å². The van der Waals surface area contributed by atoms with Gasteiger partial charge in [-0.3, -0.25) is 0 Å². The fourth-order valence-corrected chi connectivity index (χ4v) is 5.35. The fraction of sp³-hybridized carbons (Fsp3) is 0.400. The molecule has 1 aliphatic heterocycles. The number of nitrogens with zero attached hydrogens (tertiary/aromatic N) is 1. The van der Waals surface area contributed by atoms with E-state index in [0.29, 0.717) is 11.4 Å². The van der Waals surface area contributed by atoms with Crippen LogP contribution in [0.4, 0.5) is 0 Å². The minimum absolute atomic E-state index is 0.00276. The van der Waals surface area contributed by atoms with E-state index < -0.39 is 10.0 Å². The van der Waals surface area contributed by atoms with Gasteiger partial charge >= 0.3 is 0 Å². The van der Waals surface area contributed by atoms with Gasteiger partial charge in [0.1, 0.15) is 0 Å². The van der Waals surface area contributed by atoms with Crippen molar-refractivity contribution in [3.8, 4) is 0 Å². The minimum Gasteiger partial charge on any atom is -0.207 e. The van der Waals surface area contributed by atoms with Crippen molar-refractivity contribution in [2.75, 3.05) is 6.54 Å². The van der Waals surface area contributed by atoms with Crippen molar-refractivity contribution in [3.05, 3.63) is 65.7 Å². The quantitative estimate of drug-likeness (QED) is 0.840. The SMILES string of the molecule is Cc1ccc(S(=O)(=O)N2CC(C)(C)CC2Cc2ccccc2)cc1. The molecule has 0 aliphatic carbocycles. The van der Waals surface area contributed by atoms with Crippen LogP contribution in [-0.4, -0.2) is 25.3 Å². The average molecular weight is 343 g/mol. The van der Waals surface area contributed by atoms with Gasteiger partial charge in [0.05, 0.1) is 4.90 Å². The predicted molar refractivity (Wildman–Crippen MR) is 97.4 cm³/mol. The predicted octanol–water partition coefficient (Wildman–Crippen LogP) is 4.03. The first kappa shape index (κ1) is 17.2. The Morgan fingerprint density at radius 3 is 2.29 bits per heavy atom. The first-order chi connectivity index (χ1) is 11.3. The first-order valence-corrected chi connectivity index (χ1v) is 9.84. The Morgan fingerprint density at radius 2 is 1.67 bits per heavy atom. The van der Waals surface area contributed by atoms with E-state index in [1.54, 1.807) is 16.4 Å². The number of rotatable bonds is 4. The highest BCUT2D eigenvalue weighted by atomic mass is 32.2. The van der Waals surface area contributed by atoms with Gasteiger partial charge in [0.25, 0.3) is 0 Å². The highest BCUT2D eigenvalue weighted by Crippen LogP contribution is 2.38. The molecule has 1 atom stereocenters. The molecule has 0 bridgehead atoms. The van der Waals surface area contributed by atoms with Crippen molar-refractivity contribution in [1.29, 1.82) is 0 Å². The summed E-state index contributed by atoms with van der Waals surface area (Å²) >= 11 is 0. The maximum Gasteiger partial charge on any atom is 0.243 e. The number of aryl methyl sites for hydroxylation is 1. The van der Waals surface area contributed by atoms with Gasteiger partial charge in [0, 0.05) is 12.6 Å². The van der Waals surface area contributed by atoms with E-state index in [-0.39, 0.29) is 11.5 Å². The first-order valence-electron chi connectivity index (χ1n) is 8.40. The highest BCUT2D eigenvalue weighted by molar-refractivity contribution is 7.89. The Morgan fingerprint density at radius 1 is 1.04 bits per heavy atom. The van der Waals surface area contributed by atoms with Gasteiger partial charge < -0.3 is 0 Å². The Bertz CT molecular complexity index is 795. The van der Waals surface area contributed by atoms with E-state index in [0.717, 1.165) is 18.4 Å². The summed E-state index contributed by atoms with van der Waals surface area (Å²) in [4.78, 5) is 0.392. The fourth-order valence-electron chi connectivity index (χ4n) is 3.54. The average Bonchev–Trinajstić information content (AvgIpc) is 2.84. The molecule has 0 aromatic heterocycles. The summed E-state index contributed by atoms with van der Waals surface area (Å²) in [5.41, 5.74) is 2.25.